The number of carbonyl (C=O) groups excluding carboxylic acids is 1. The van der Waals surface area contributed by atoms with Crippen molar-refractivity contribution >= 4 is 45.0 Å². The van der Waals surface area contributed by atoms with Crippen LogP contribution in [0.2, 0.25) is 10.0 Å². The molecule has 2 saturated heterocycles. The number of aliphatic hydroxyl groups excluding tert-OH is 1. The zero-order chi connectivity index (χ0) is 42.3. The van der Waals surface area contributed by atoms with E-state index in [1.54, 1.807) is 12.1 Å². The van der Waals surface area contributed by atoms with Gasteiger partial charge in [0.15, 0.2) is 9.84 Å². The Bertz CT molecular complexity index is 2260. The molecule has 0 radical (unpaired) electrons. The van der Waals surface area contributed by atoms with Crippen LogP contribution in [-0.2, 0) is 43.9 Å². The zero-order valence-corrected chi connectivity index (χ0v) is 35.6. The van der Waals surface area contributed by atoms with E-state index in [9.17, 15) is 28.2 Å². The monoisotopic (exact) mass is 869 g/mol. The fraction of sp³-hybridized carbons (Fsp3) is 0.419. The molecule has 0 amide bonds. The summed E-state index contributed by atoms with van der Waals surface area (Å²) in [6.45, 7) is 4.31. The fourth-order valence-electron chi connectivity index (χ4n) is 7.60. The molecule has 2 aliphatic heterocycles. The van der Waals surface area contributed by atoms with Gasteiger partial charge in [-0.2, -0.15) is 0 Å². The Kier molecular flexibility index (Phi) is 14.8. The first-order valence-electron chi connectivity index (χ1n) is 19.4. The Balaban J connectivity index is 1.18. The first kappa shape index (κ1) is 44.1. The molecule has 0 unspecified atom stereocenters. The first-order chi connectivity index (χ1) is 28.2. The molecule has 3 heterocycles. The van der Waals surface area contributed by atoms with Crippen LogP contribution in [0.1, 0.15) is 54.4 Å². The largest absolute Gasteiger partial charge is 0.492 e. The number of esters is 1. The lowest BCUT2D eigenvalue weighted by molar-refractivity contribution is -0.146. The number of piperidine rings is 1. The van der Waals surface area contributed by atoms with Gasteiger partial charge in [0, 0.05) is 67.5 Å². The summed E-state index contributed by atoms with van der Waals surface area (Å²) in [7, 11) is -2.14. The highest BCUT2D eigenvalue weighted by Crippen LogP contribution is 2.39. The molecule has 3 aromatic carbocycles. The number of nitrogens with zero attached hydrogens (tertiary/aromatic N) is 3. The second-order valence-electron chi connectivity index (χ2n) is 14.9. The molecule has 16 heteroatoms. The minimum Gasteiger partial charge on any atom is -0.492 e. The lowest BCUT2D eigenvalue weighted by atomic mass is 9.96. The molecular formula is C43H49Cl2N3O10S. The van der Waals surface area contributed by atoms with E-state index in [-0.39, 0.29) is 30.6 Å². The third kappa shape index (κ3) is 11.0. The highest BCUT2D eigenvalue weighted by atomic mass is 35.5. The van der Waals surface area contributed by atoms with Gasteiger partial charge in [-0.25, -0.2) is 8.42 Å². The van der Waals surface area contributed by atoms with E-state index in [1.165, 1.54) is 25.6 Å². The number of aliphatic carboxylic acids is 1. The number of rotatable bonds is 17. The maximum absolute atomic E-state index is 12.2. The second kappa shape index (κ2) is 19.7. The molecule has 0 aliphatic carbocycles. The molecule has 4 aromatic rings. The zero-order valence-electron chi connectivity index (χ0n) is 33.2. The van der Waals surface area contributed by atoms with E-state index in [2.05, 4.69) is 4.98 Å². The molecule has 0 bridgehead atoms. The Labute approximate surface area is 354 Å². The Hall–Kier alpha value is -4.44. The summed E-state index contributed by atoms with van der Waals surface area (Å²) >= 11 is 13.8. The van der Waals surface area contributed by atoms with Gasteiger partial charge in [-0.05, 0) is 67.6 Å². The van der Waals surface area contributed by atoms with Crippen molar-refractivity contribution in [3.8, 4) is 28.4 Å². The number of aliphatic hydroxyl groups is 1. The SMILES string of the molecule is COC(=O)[C@@H]1C[C@@H](O)CN1CCCOc1cccc(-c2cccc(COc3cc(OCc4cncc(S(C)(=O)=O)c4)c(CN4CCCC[C@H]4C(=O)O)cc3Cl)c2C)c1Cl. The van der Waals surface area contributed by atoms with Gasteiger partial charge in [-0.1, -0.05) is 60.0 Å². The third-order valence-electron chi connectivity index (χ3n) is 10.8. The van der Waals surface area contributed by atoms with Crippen LogP contribution in [0.15, 0.2) is 71.9 Å². The van der Waals surface area contributed by atoms with Crippen molar-refractivity contribution in [2.75, 3.05) is 39.6 Å². The van der Waals surface area contributed by atoms with Crippen molar-refractivity contribution in [3.05, 3.63) is 99.3 Å². The van der Waals surface area contributed by atoms with Crippen molar-refractivity contribution in [2.24, 2.45) is 0 Å². The lowest BCUT2D eigenvalue weighted by Gasteiger charge is -2.33. The summed E-state index contributed by atoms with van der Waals surface area (Å²) in [5.74, 6) is 0.0483. The number of halogens is 2. The van der Waals surface area contributed by atoms with E-state index in [0.29, 0.717) is 83.9 Å². The van der Waals surface area contributed by atoms with Gasteiger partial charge in [0.25, 0.3) is 0 Å². The molecule has 316 valence electrons. The van der Waals surface area contributed by atoms with E-state index >= 15 is 0 Å². The summed E-state index contributed by atoms with van der Waals surface area (Å²) in [6, 6.07) is 15.3. The van der Waals surface area contributed by atoms with Crippen molar-refractivity contribution < 1.29 is 47.2 Å². The molecule has 1 aromatic heterocycles. The number of pyridine rings is 1. The van der Waals surface area contributed by atoms with Crippen LogP contribution in [0.4, 0.5) is 0 Å². The van der Waals surface area contributed by atoms with Crippen molar-refractivity contribution in [1.82, 2.24) is 14.8 Å². The van der Waals surface area contributed by atoms with Crippen LogP contribution >= 0.6 is 23.2 Å². The predicted molar refractivity (Wildman–Crippen MR) is 223 cm³/mol. The van der Waals surface area contributed by atoms with Gasteiger partial charge in [0.05, 0.1) is 34.8 Å². The highest BCUT2D eigenvalue weighted by Gasteiger charge is 2.36. The average molecular weight is 871 g/mol. The summed E-state index contributed by atoms with van der Waals surface area (Å²) in [6.07, 6.45) is 6.54. The van der Waals surface area contributed by atoms with Crippen LogP contribution in [0.25, 0.3) is 11.1 Å². The topological polar surface area (TPSA) is 165 Å². The second-order valence-corrected chi connectivity index (χ2v) is 17.7. The summed E-state index contributed by atoms with van der Waals surface area (Å²) < 4.78 is 48.0. The average Bonchev–Trinajstić information content (AvgIpc) is 3.59. The summed E-state index contributed by atoms with van der Waals surface area (Å²) in [4.78, 5) is 32.2. The minimum atomic E-state index is -3.49. The number of carboxylic acid groups (broad SMARTS) is 1. The standard InChI is InChI=1S/C43H49Cl2N3O10S/c1-27-29(9-6-10-33(27)34-11-7-13-38(41(34)45)56-16-8-15-48-24-31(49)19-37(48)43(52)55-2)26-58-40-20-39(57-25-28-17-32(22-46-21-28)59(3,53)54)30(18-35(40)44)23-47-14-5-4-12-36(47)42(50)51/h6-7,9-11,13,17-18,20-22,31,36-37,49H,4-5,8,12,14-16,19,23-26H2,1-3H3,(H,50,51)/t31-,36+,37+/m1/s1. The van der Waals surface area contributed by atoms with Crippen LogP contribution in [-0.4, -0.2) is 103 Å². The predicted octanol–water partition coefficient (Wildman–Crippen LogP) is 6.74. The lowest BCUT2D eigenvalue weighted by Crippen LogP contribution is -2.44. The molecule has 3 atom stereocenters. The minimum absolute atomic E-state index is 0.00405. The van der Waals surface area contributed by atoms with Gasteiger partial charge in [-0.3, -0.25) is 24.4 Å². The van der Waals surface area contributed by atoms with E-state index in [0.717, 1.165) is 41.4 Å². The molecule has 6 rings (SSSR count). The third-order valence-corrected chi connectivity index (χ3v) is 12.5. The quantitative estimate of drug-likeness (QED) is 0.0848. The number of hydrogen-bond donors (Lipinski definition) is 2. The van der Waals surface area contributed by atoms with Crippen LogP contribution < -0.4 is 14.2 Å². The van der Waals surface area contributed by atoms with Gasteiger partial charge >= 0.3 is 11.9 Å². The number of hydrogen-bond acceptors (Lipinski definition) is 12. The number of benzene rings is 3. The van der Waals surface area contributed by atoms with Crippen molar-refractivity contribution in [2.45, 2.75) is 81.9 Å². The highest BCUT2D eigenvalue weighted by molar-refractivity contribution is 7.90. The number of carboxylic acids is 1. The number of aromatic nitrogens is 1. The van der Waals surface area contributed by atoms with Crippen LogP contribution in [0, 0.1) is 6.92 Å². The summed E-state index contributed by atoms with van der Waals surface area (Å²) in [5.41, 5.74) is 4.68. The molecule has 2 fully saturated rings. The maximum atomic E-state index is 12.2. The van der Waals surface area contributed by atoms with Crippen LogP contribution in [0.3, 0.4) is 0 Å². The Morgan fingerprint density at radius 2 is 1.66 bits per heavy atom. The van der Waals surface area contributed by atoms with E-state index in [4.69, 9.17) is 42.1 Å². The van der Waals surface area contributed by atoms with Gasteiger partial charge in [0.2, 0.25) is 0 Å². The smallest absolute Gasteiger partial charge is 0.323 e. The van der Waals surface area contributed by atoms with E-state index < -0.39 is 34.0 Å². The molecule has 2 N–H and O–H groups in total. The van der Waals surface area contributed by atoms with Crippen molar-refractivity contribution in [3.63, 3.8) is 0 Å². The number of sulfone groups is 1. The van der Waals surface area contributed by atoms with Crippen molar-refractivity contribution in [1.29, 1.82) is 0 Å². The molecule has 13 nitrogen and oxygen atoms in total. The molecular weight excluding hydrogens is 821 g/mol. The molecule has 2 aliphatic rings. The number of ether oxygens (including phenoxy) is 4. The Morgan fingerprint density at radius 3 is 2.42 bits per heavy atom. The number of β-amino-alcohol motifs (C(OH)–C–C–N with tert-alkyl or cyclic N) is 1. The molecule has 0 spiro atoms. The Morgan fingerprint density at radius 1 is 0.898 bits per heavy atom. The first-order valence-corrected chi connectivity index (χ1v) is 22.1. The normalized spacial score (nSPS) is 18.7. The number of carbonyl (C=O) groups is 2. The number of likely N-dealkylation sites (tertiary alicyclic amines) is 2. The maximum Gasteiger partial charge on any atom is 0.323 e. The molecule has 59 heavy (non-hydrogen) atoms. The van der Waals surface area contributed by atoms with E-state index in [1.807, 2.05) is 53.1 Å². The van der Waals surface area contributed by atoms with Crippen LogP contribution in [0.5, 0.6) is 17.2 Å². The van der Waals surface area contributed by atoms with Gasteiger partial charge in [0.1, 0.15) is 42.5 Å². The number of methoxy groups -OCH3 is 1. The van der Waals surface area contributed by atoms with Gasteiger partial charge < -0.3 is 29.2 Å². The van der Waals surface area contributed by atoms with Gasteiger partial charge in [-0.15, -0.1) is 0 Å². The molecule has 0 saturated carbocycles. The fourth-order valence-corrected chi connectivity index (χ4v) is 8.75. The summed E-state index contributed by atoms with van der Waals surface area (Å²) in [5, 5.41) is 20.8.